The maximum atomic E-state index is 13.6. The number of nitrogens with zero attached hydrogens (tertiary/aromatic N) is 1. The lowest BCUT2D eigenvalue weighted by Gasteiger charge is -2.15. The van der Waals surface area contributed by atoms with E-state index in [1.54, 1.807) is 0 Å². The van der Waals surface area contributed by atoms with Crippen molar-refractivity contribution in [1.29, 1.82) is 0 Å². The summed E-state index contributed by atoms with van der Waals surface area (Å²) < 4.78 is 14.4. The van der Waals surface area contributed by atoms with Crippen LogP contribution < -0.4 is 5.32 Å². The van der Waals surface area contributed by atoms with Crippen LogP contribution in [0.3, 0.4) is 0 Å². The minimum absolute atomic E-state index is 0.132. The molecule has 0 radical (unpaired) electrons. The Hall–Kier alpha value is -0.450. The predicted molar refractivity (Wildman–Crippen MR) is 78.5 cm³/mol. The average Bonchev–Trinajstić information content (AvgIpc) is 3.13. The van der Waals surface area contributed by atoms with E-state index >= 15 is 0 Å². The lowest BCUT2D eigenvalue weighted by atomic mass is 10.1. The second kappa shape index (κ2) is 5.90. The van der Waals surface area contributed by atoms with E-state index in [4.69, 9.17) is 0 Å². The van der Waals surface area contributed by atoms with Crippen LogP contribution in [0.15, 0.2) is 22.7 Å². The van der Waals surface area contributed by atoms with Gasteiger partial charge in [-0.2, -0.15) is 0 Å². The predicted octanol–water partition coefficient (Wildman–Crippen LogP) is 3.16. The summed E-state index contributed by atoms with van der Waals surface area (Å²) in [6.45, 7) is 4.10. The van der Waals surface area contributed by atoms with Crippen LogP contribution in [0, 0.1) is 11.7 Å². The van der Waals surface area contributed by atoms with Crippen LogP contribution in [0.1, 0.15) is 24.8 Å². The summed E-state index contributed by atoms with van der Waals surface area (Å²) in [5.41, 5.74) is 0.750. The molecule has 4 heteroatoms. The molecule has 1 saturated carbocycles. The number of benzene rings is 1. The molecule has 0 bridgehead atoms. The Balaban J connectivity index is 1.43. The molecule has 1 aliphatic heterocycles. The Morgan fingerprint density at radius 2 is 2.16 bits per heavy atom. The quantitative estimate of drug-likeness (QED) is 0.894. The van der Waals surface area contributed by atoms with Crippen molar-refractivity contribution in [2.75, 3.05) is 19.6 Å². The van der Waals surface area contributed by atoms with Crippen LogP contribution in [0.2, 0.25) is 0 Å². The Morgan fingerprint density at radius 3 is 2.89 bits per heavy atom. The lowest BCUT2D eigenvalue weighted by Crippen LogP contribution is -2.27. The molecule has 3 rings (SSSR count). The van der Waals surface area contributed by atoms with Gasteiger partial charge < -0.3 is 10.2 Å². The molecule has 1 saturated heterocycles. The zero-order valence-electron chi connectivity index (χ0n) is 11.0. The van der Waals surface area contributed by atoms with Crippen molar-refractivity contribution >= 4 is 15.9 Å². The van der Waals surface area contributed by atoms with E-state index in [1.807, 2.05) is 12.1 Å². The molecule has 1 unspecified atom stereocenters. The number of nitrogens with one attached hydrogen (secondary N) is 1. The summed E-state index contributed by atoms with van der Waals surface area (Å²) in [6.07, 6.45) is 4.07. The molecular formula is C15H20BrFN2. The van der Waals surface area contributed by atoms with Crippen LogP contribution >= 0.6 is 15.9 Å². The molecule has 2 nitrogen and oxygen atoms in total. The zero-order chi connectivity index (χ0) is 13.2. The van der Waals surface area contributed by atoms with Crippen LogP contribution in [0.5, 0.6) is 0 Å². The fourth-order valence-corrected chi connectivity index (χ4v) is 3.21. The number of halogens is 2. The fourth-order valence-electron chi connectivity index (χ4n) is 2.88. The Bertz CT molecular complexity index is 448. The summed E-state index contributed by atoms with van der Waals surface area (Å²) in [5, 5.41) is 3.40. The molecule has 1 N–H and O–H groups in total. The van der Waals surface area contributed by atoms with Crippen LogP contribution in [-0.4, -0.2) is 30.6 Å². The summed E-state index contributed by atoms with van der Waals surface area (Å²) in [6, 6.07) is 6.15. The zero-order valence-corrected chi connectivity index (χ0v) is 12.6. The summed E-state index contributed by atoms with van der Waals surface area (Å²) in [7, 11) is 0. The number of rotatable bonds is 5. The highest BCUT2D eigenvalue weighted by molar-refractivity contribution is 9.10. The fraction of sp³-hybridized carbons (Fsp3) is 0.600. The summed E-state index contributed by atoms with van der Waals surface area (Å²) >= 11 is 3.28. The van der Waals surface area contributed by atoms with E-state index in [-0.39, 0.29) is 5.82 Å². The molecule has 1 aliphatic carbocycles. The van der Waals surface area contributed by atoms with E-state index in [1.165, 1.54) is 38.4 Å². The van der Waals surface area contributed by atoms with Crippen molar-refractivity contribution < 1.29 is 4.39 Å². The van der Waals surface area contributed by atoms with Crippen molar-refractivity contribution in [3.63, 3.8) is 0 Å². The average molecular weight is 327 g/mol. The van der Waals surface area contributed by atoms with E-state index in [9.17, 15) is 4.39 Å². The largest absolute Gasteiger partial charge is 0.312 e. The summed E-state index contributed by atoms with van der Waals surface area (Å²) in [4.78, 5) is 2.62. The second-order valence-corrected chi connectivity index (χ2v) is 6.66. The monoisotopic (exact) mass is 326 g/mol. The van der Waals surface area contributed by atoms with E-state index in [2.05, 4.69) is 26.1 Å². The minimum atomic E-state index is -0.132. The van der Waals surface area contributed by atoms with Gasteiger partial charge in [-0.25, -0.2) is 4.39 Å². The molecule has 2 fully saturated rings. The van der Waals surface area contributed by atoms with Crippen molar-refractivity contribution in [1.82, 2.24) is 10.2 Å². The van der Waals surface area contributed by atoms with Crippen molar-refractivity contribution in [2.24, 2.45) is 5.92 Å². The molecule has 0 amide bonds. The first kappa shape index (κ1) is 13.5. The van der Waals surface area contributed by atoms with Gasteiger partial charge in [-0.15, -0.1) is 0 Å². The van der Waals surface area contributed by atoms with Crippen molar-refractivity contribution in [3.8, 4) is 0 Å². The van der Waals surface area contributed by atoms with Crippen LogP contribution in [-0.2, 0) is 6.54 Å². The third kappa shape index (κ3) is 3.56. The molecular weight excluding hydrogens is 307 g/mol. The van der Waals surface area contributed by atoms with Crippen LogP contribution in [0.25, 0.3) is 0 Å². The van der Waals surface area contributed by atoms with Gasteiger partial charge in [0.1, 0.15) is 5.82 Å². The summed E-state index contributed by atoms with van der Waals surface area (Å²) in [5.74, 6) is 0.604. The molecule has 2 aliphatic rings. The number of hydrogen-bond donors (Lipinski definition) is 1. The molecule has 0 aromatic heterocycles. The maximum Gasteiger partial charge on any atom is 0.128 e. The van der Waals surface area contributed by atoms with Gasteiger partial charge in [0, 0.05) is 29.2 Å². The molecule has 0 spiro atoms. The first-order valence-corrected chi connectivity index (χ1v) is 7.90. The Morgan fingerprint density at radius 1 is 1.32 bits per heavy atom. The highest BCUT2D eigenvalue weighted by atomic mass is 79.9. The van der Waals surface area contributed by atoms with Gasteiger partial charge >= 0.3 is 0 Å². The van der Waals surface area contributed by atoms with E-state index in [0.717, 1.165) is 28.5 Å². The smallest absolute Gasteiger partial charge is 0.128 e. The standard InChI is InChI=1S/C15H20BrFN2/c16-13-2-1-12(15(17)7-13)9-18-8-11-5-6-19(10-11)14-3-4-14/h1-2,7,11,14,18H,3-6,8-10H2. The normalized spacial score (nSPS) is 24.0. The molecule has 104 valence electrons. The maximum absolute atomic E-state index is 13.6. The van der Waals surface area contributed by atoms with Gasteiger partial charge in [0.05, 0.1) is 0 Å². The first-order valence-electron chi connectivity index (χ1n) is 7.11. The van der Waals surface area contributed by atoms with Crippen molar-refractivity contribution in [3.05, 3.63) is 34.1 Å². The van der Waals surface area contributed by atoms with Gasteiger partial charge in [0.25, 0.3) is 0 Å². The van der Waals surface area contributed by atoms with Gasteiger partial charge in [0.2, 0.25) is 0 Å². The molecule has 1 aromatic rings. The highest BCUT2D eigenvalue weighted by Crippen LogP contribution is 2.31. The lowest BCUT2D eigenvalue weighted by molar-refractivity contribution is 0.311. The number of likely N-dealkylation sites (tertiary alicyclic amines) is 1. The first-order chi connectivity index (χ1) is 9.22. The van der Waals surface area contributed by atoms with Gasteiger partial charge in [-0.1, -0.05) is 22.0 Å². The van der Waals surface area contributed by atoms with Crippen LogP contribution in [0.4, 0.5) is 4.39 Å². The van der Waals surface area contributed by atoms with Gasteiger partial charge in [-0.05, 0) is 50.4 Å². The van der Waals surface area contributed by atoms with E-state index in [0.29, 0.717) is 6.54 Å². The minimum Gasteiger partial charge on any atom is -0.312 e. The van der Waals surface area contributed by atoms with Gasteiger partial charge in [0.15, 0.2) is 0 Å². The molecule has 1 aromatic carbocycles. The second-order valence-electron chi connectivity index (χ2n) is 5.75. The Kier molecular flexibility index (Phi) is 4.20. The topological polar surface area (TPSA) is 15.3 Å². The third-order valence-electron chi connectivity index (χ3n) is 4.14. The Labute approximate surface area is 122 Å². The SMILES string of the molecule is Fc1cc(Br)ccc1CNCC1CCN(C2CC2)C1. The molecule has 19 heavy (non-hydrogen) atoms. The highest BCUT2D eigenvalue weighted by Gasteiger charge is 2.33. The van der Waals surface area contributed by atoms with Crippen molar-refractivity contribution in [2.45, 2.75) is 31.8 Å². The molecule has 1 atom stereocenters. The van der Waals surface area contributed by atoms with E-state index < -0.39 is 0 Å². The number of hydrogen-bond acceptors (Lipinski definition) is 2. The van der Waals surface area contributed by atoms with Gasteiger partial charge in [-0.3, -0.25) is 0 Å². The molecule has 1 heterocycles. The third-order valence-corrected chi connectivity index (χ3v) is 4.64.